The van der Waals surface area contributed by atoms with Crippen LogP contribution in [0.4, 0.5) is 32.2 Å². The third-order valence-corrected chi connectivity index (χ3v) is 3.60. The highest BCUT2D eigenvalue weighted by molar-refractivity contribution is 5.98. The van der Waals surface area contributed by atoms with Gasteiger partial charge in [0.15, 0.2) is 0 Å². The van der Waals surface area contributed by atoms with Gasteiger partial charge in [0.1, 0.15) is 17.1 Å². The molecule has 0 fully saturated rings. The number of alkyl halides is 6. The predicted octanol–water partition coefficient (Wildman–Crippen LogP) is 3.18. The molecule has 0 bridgehead atoms. The van der Waals surface area contributed by atoms with Gasteiger partial charge in [0.05, 0.1) is 18.2 Å². The van der Waals surface area contributed by atoms with Gasteiger partial charge in [0.2, 0.25) is 0 Å². The number of rotatable bonds is 5. The molecule has 2 aromatic rings. The predicted molar refractivity (Wildman–Crippen MR) is 81.9 cm³/mol. The van der Waals surface area contributed by atoms with E-state index >= 15 is 0 Å². The van der Waals surface area contributed by atoms with E-state index in [1.54, 1.807) is 0 Å². The zero-order chi connectivity index (χ0) is 20.6. The number of amides is 1. The number of ether oxygens (including phenoxy) is 1. The summed E-state index contributed by atoms with van der Waals surface area (Å²) < 4.78 is 79.3. The summed E-state index contributed by atoms with van der Waals surface area (Å²) >= 11 is 0. The lowest BCUT2D eigenvalue weighted by Gasteiger charge is -2.15. The highest BCUT2D eigenvalue weighted by atomic mass is 19.4. The van der Waals surface area contributed by atoms with Crippen LogP contribution < -0.4 is 16.2 Å². The smallest absolute Gasteiger partial charge is 0.406 e. The van der Waals surface area contributed by atoms with Crippen molar-refractivity contribution in [2.24, 2.45) is 5.73 Å². The standard InChI is InChI=1S/C15H14F6N4O2/c1-7(8-2-4-9(5-3-8)27-15(19,20)21)25-12(22)11(13(23)26)10(24-25)6-14(16,17)18/h2-5,7H,6,22H2,1H3,(H2,23,26). The van der Waals surface area contributed by atoms with Gasteiger partial charge in [-0.3, -0.25) is 4.79 Å². The molecule has 12 heteroatoms. The van der Waals surface area contributed by atoms with E-state index in [-0.39, 0.29) is 5.82 Å². The summed E-state index contributed by atoms with van der Waals surface area (Å²) in [4.78, 5) is 11.5. The lowest BCUT2D eigenvalue weighted by Crippen LogP contribution is -2.19. The summed E-state index contributed by atoms with van der Waals surface area (Å²) in [5.41, 5.74) is 10.0. The third kappa shape index (κ3) is 5.05. The molecule has 0 saturated heterocycles. The van der Waals surface area contributed by atoms with Crippen LogP contribution in [-0.4, -0.2) is 28.2 Å². The van der Waals surface area contributed by atoms with Crippen molar-refractivity contribution in [1.82, 2.24) is 9.78 Å². The van der Waals surface area contributed by atoms with Crippen molar-refractivity contribution in [3.8, 4) is 5.75 Å². The Morgan fingerprint density at radius 1 is 1.19 bits per heavy atom. The van der Waals surface area contributed by atoms with E-state index < -0.39 is 47.9 Å². The van der Waals surface area contributed by atoms with Gasteiger partial charge in [0.25, 0.3) is 5.91 Å². The highest BCUT2D eigenvalue weighted by Gasteiger charge is 2.34. The number of anilines is 1. The van der Waals surface area contributed by atoms with Crippen molar-refractivity contribution in [1.29, 1.82) is 0 Å². The molecule has 2 rings (SSSR count). The number of nitrogens with zero attached hydrogens (tertiary/aromatic N) is 2. The van der Waals surface area contributed by atoms with Crippen molar-refractivity contribution in [2.45, 2.75) is 31.9 Å². The summed E-state index contributed by atoms with van der Waals surface area (Å²) in [6.45, 7) is 1.49. The molecule has 1 unspecified atom stereocenters. The summed E-state index contributed by atoms with van der Waals surface area (Å²) in [7, 11) is 0. The maximum Gasteiger partial charge on any atom is 0.573 e. The molecule has 1 aromatic carbocycles. The van der Waals surface area contributed by atoms with Crippen molar-refractivity contribution < 1.29 is 35.9 Å². The molecule has 0 aliphatic carbocycles. The number of benzene rings is 1. The molecule has 1 heterocycles. The molecule has 6 nitrogen and oxygen atoms in total. The Morgan fingerprint density at radius 3 is 2.19 bits per heavy atom. The number of hydrogen-bond donors (Lipinski definition) is 2. The minimum absolute atomic E-state index is 0.369. The number of halogens is 6. The maximum atomic E-state index is 12.7. The van der Waals surface area contributed by atoms with Crippen LogP contribution in [0.25, 0.3) is 0 Å². The fourth-order valence-corrected chi connectivity index (χ4v) is 2.46. The average Bonchev–Trinajstić information content (AvgIpc) is 2.80. The molecule has 0 aliphatic rings. The summed E-state index contributed by atoms with van der Waals surface area (Å²) in [6, 6.07) is 3.81. The van der Waals surface area contributed by atoms with Crippen LogP contribution in [0, 0.1) is 0 Å². The van der Waals surface area contributed by atoms with Crippen LogP contribution in [0.5, 0.6) is 5.75 Å². The van der Waals surface area contributed by atoms with Crippen molar-refractivity contribution >= 4 is 11.7 Å². The van der Waals surface area contributed by atoms with Gasteiger partial charge in [-0.05, 0) is 24.6 Å². The number of carbonyl (C=O) groups excluding carboxylic acids is 1. The fraction of sp³-hybridized carbons (Fsp3) is 0.333. The number of aromatic nitrogens is 2. The van der Waals surface area contributed by atoms with Crippen LogP contribution in [0.1, 0.15) is 34.6 Å². The largest absolute Gasteiger partial charge is 0.573 e. The van der Waals surface area contributed by atoms with Gasteiger partial charge in [-0.1, -0.05) is 12.1 Å². The molecule has 0 spiro atoms. The molecular weight excluding hydrogens is 382 g/mol. The van der Waals surface area contributed by atoms with Crippen molar-refractivity contribution in [3.63, 3.8) is 0 Å². The third-order valence-electron chi connectivity index (χ3n) is 3.60. The van der Waals surface area contributed by atoms with Gasteiger partial charge >= 0.3 is 12.5 Å². The molecule has 0 radical (unpaired) electrons. The molecule has 0 aliphatic heterocycles. The Morgan fingerprint density at radius 2 is 1.74 bits per heavy atom. The monoisotopic (exact) mass is 396 g/mol. The van der Waals surface area contributed by atoms with Crippen LogP contribution in [0.2, 0.25) is 0 Å². The zero-order valence-corrected chi connectivity index (χ0v) is 13.7. The molecule has 0 saturated carbocycles. The number of nitrogen functional groups attached to an aromatic ring is 1. The first-order chi connectivity index (χ1) is 12.3. The van der Waals surface area contributed by atoms with Crippen LogP contribution in [0.3, 0.4) is 0 Å². The number of carbonyl (C=O) groups is 1. The number of primary amides is 1. The maximum absolute atomic E-state index is 12.7. The first kappa shape index (κ1) is 20.4. The lowest BCUT2D eigenvalue weighted by molar-refractivity contribution is -0.274. The Hall–Kier alpha value is -2.92. The number of hydrogen-bond acceptors (Lipinski definition) is 4. The Kier molecular flexibility index (Phi) is 5.29. The topological polar surface area (TPSA) is 96.2 Å². The minimum Gasteiger partial charge on any atom is -0.406 e. The Bertz CT molecular complexity index is 827. The normalized spacial score (nSPS) is 13.4. The lowest BCUT2D eigenvalue weighted by atomic mass is 10.1. The van der Waals surface area contributed by atoms with Crippen molar-refractivity contribution in [3.05, 3.63) is 41.1 Å². The van der Waals surface area contributed by atoms with E-state index in [2.05, 4.69) is 9.84 Å². The quantitative estimate of drug-likeness (QED) is 0.759. The van der Waals surface area contributed by atoms with Crippen molar-refractivity contribution in [2.75, 3.05) is 5.73 Å². The summed E-state index contributed by atoms with van der Waals surface area (Å²) in [6.07, 6.45) is -11.0. The summed E-state index contributed by atoms with van der Waals surface area (Å²) in [5, 5.41) is 3.73. The molecule has 4 N–H and O–H groups in total. The molecule has 1 aromatic heterocycles. The Labute approximate surface area is 148 Å². The molecule has 1 atom stereocenters. The van der Waals surface area contributed by atoms with Crippen LogP contribution in [-0.2, 0) is 6.42 Å². The average molecular weight is 396 g/mol. The highest BCUT2D eigenvalue weighted by Crippen LogP contribution is 2.30. The van der Waals surface area contributed by atoms with Gasteiger partial charge in [-0.15, -0.1) is 13.2 Å². The van der Waals surface area contributed by atoms with E-state index in [1.807, 2.05) is 0 Å². The first-order valence-electron chi connectivity index (χ1n) is 7.37. The van der Waals surface area contributed by atoms with E-state index in [0.717, 1.165) is 16.8 Å². The van der Waals surface area contributed by atoms with E-state index in [0.29, 0.717) is 5.56 Å². The SMILES string of the molecule is CC(c1ccc(OC(F)(F)F)cc1)n1nc(CC(F)(F)F)c(C(N)=O)c1N. The summed E-state index contributed by atoms with van der Waals surface area (Å²) in [5.74, 6) is -2.01. The molecule has 1 amide bonds. The Balaban J connectivity index is 2.37. The fourth-order valence-electron chi connectivity index (χ4n) is 2.46. The van der Waals surface area contributed by atoms with Gasteiger partial charge in [-0.2, -0.15) is 18.3 Å². The van der Waals surface area contributed by atoms with Gasteiger partial charge < -0.3 is 16.2 Å². The zero-order valence-electron chi connectivity index (χ0n) is 13.7. The first-order valence-corrected chi connectivity index (χ1v) is 7.37. The van der Waals surface area contributed by atoms with E-state index in [4.69, 9.17) is 11.5 Å². The molecular formula is C15H14F6N4O2. The second kappa shape index (κ2) is 7.00. The van der Waals surface area contributed by atoms with Gasteiger partial charge in [0, 0.05) is 0 Å². The second-order valence-electron chi connectivity index (χ2n) is 5.60. The molecule has 27 heavy (non-hydrogen) atoms. The van der Waals surface area contributed by atoms with Crippen LogP contribution in [0.15, 0.2) is 24.3 Å². The van der Waals surface area contributed by atoms with Crippen LogP contribution >= 0.6 is 0 Å². The second-order valence-corrected chi connectivity index (χ2v) is 5.60. The number of nitrogens with two attached hydrogens (primary N) is 2. The van der Waals surface area contributed by atoms with E-state index in [1.165, 1.54) is 19.1 Å². The van der Waals surface area contributed by atoms with E-state index in [9.17, 15) is 31.1 Å². The molecule has 148 valence electrons. The van der Waals surface area contributed by atoms with Gasteiger partial charge in [-0.25, -0.2) is 4.68 Å². The minimum atomic E-state index is -4.86.